The number of aromatic amines is 1. The van der Waals surface area contributed by atoms with E-state index < -0.39 is 23.8 Å². The van der Waals surface area contributed by atoms with E-state index in [0.717, 1.165) is 19.0 Å². The van der Waals surface area contributed by atoms with E-state index in [2.05, 4.69) is 25.3 Å². The largest absolute Gasteiger partial charge is 0.481 e. The molecule has 4 rings (SSSR count). The Kier molecular flexibility index (Phi) is 4.01. The van der Waals surface area contributed by atoms with E-state index in [1.807, 2.05) is 6.92 Å². The Labute approximate surface area is 152 Å². The smallest absolute Gasteiger partial charge is 0.305 e. The van der Waals surface area contributed by atoms with Crippen LogP contribution in [0.4, 0.5) is 14.5 Å². The van der Waals surface area contributed by atoms with Crippen LogP contribution in [0.25, 0.3) is 22.4 Å². The Hall–Kier alpha value is -3.10. The summed E-state index contributed by atoms with van der Waals surface area (Å²) in [5, 5.41) is 12.5. The lowest BCUT2D eigenvalue weighted by Gasteiger charge is -2.24. The first-order valence-corrected chi connectivity index (χ1v) is 8.49. The molecule has 0 aliphatic heterocycles. The third-order valence-electron chi connectivity index (χ3n) is 5.07. The first-order valence-electron chi connectivity index (χ1n) is 8.49. The lowest BCUT2D eigenvalue weighted by Crippen LogP contribution is -2.32. The van der Waals surface area contributed by atoms with Crippen LogP contribution in [0.15, 0.2) is 24.7 Å². The Morgan fingerprint density at radius 3 is 2.81 bits per heavy atom. The number of hydrogen-bond acceptors (Lipinski definition) is 5. The van der Waals surface area contributed by atoms with Crippen molar-refractivity contribution < 1.29 is 18.7 Å². The van der Waals surface area contributed by atoms with Gasteiger partial charge >= 0.3 is 5.97 Å². The van der Waals surface area contributed by atoms with Crippen molar-refractivity contribution in [2.45, 2.75) is 32.2 Å². The third kappa shape index (κ3) is 3.32. The van der Waals surface area contributed by atoms with Gasteiger partial charge in [0.05, 0.1) is 18.8 Å². The summed E-state index contributed by atoms with van der Waals surface area (Å²) in [6.07, 6.45) is 5.54. The van der Waals surface area contributed by atoms with E-state index in [1.165, 1.54) is 18.5 Å². The number of carboxylic acids is 1. The van der Waals surface area contributed by atoms with Crippen molar-refractivity contribution in [2.75, 3.05) is 5.32 Å². The predicted molar refractivity (Wildman–Crippen MR) is 94.0 cm³/mol. The van der Waals surface area contributed by atoms with Gasteiger partial charge in [-0.05, 0) is 24.3 Å². The highest BCUT2D eigenvalue weighted by atomic mass is 19.1. The fourth-order valence-corrected chi connectivity index (χ4v) is 3.13. The monoisotopic (exact) mass is 373 g/mol. The summed E-state index contributed by atoms with van der Waals surface area (Å²) in [5.41, 5.74) is 0.741. The molecule has 140 valence electrons. The van der Waals surface area contributed by atoms with Gasteiger partial charge in [-0.1, -0.05) is 6.92 Å². The first kappa shape index (κ1) is 17.3. The summed E-state index contributed by atoms with van der Waals surface area (Å²) in [4.78, 5) is 25.9. The van der Waals surface area contributed by atoms with Gasteiger partial charge in [0, 0.05) is 23.2 Å². The number of carboxylic acid groups (broad SMARTS) is 1. The lowest BCUT2D eigenvalue weighted by molar-refractivity contribution is -0.137. The molecule has 1 unspecified atom stereocenters. The van der Waals surface area contributed by atoms with Crippen LogP contribution in [0, 0.1) is 17.2 Å². The second-order valence-electron chi connectivity index (χ2n) is 7.10. The fourth-order valence-electron chi connectivity index (χ4n) is 3.13. The number of aromatic nitrogens is 4. The molecule has 7 nitrogen and oxygen atoms in total. The van der Waals surface area contributed by atoms with Crippen LogP contribution in [-0.4, -0.2) is 37.1 Å². The third-order valence-corrected chi connectivity index (χ3v) is 5.07. The lowest BCUT2D eigenvalue weighted by atomic mass is 9.95. The van der Waals surface area contributed by atoms with Crippen molar-refractivity contribution in [2.24, 2.45) is 5.41 Å². The van der Waals surface area contributed by atoms with Crippen molar-refractivity contribution in [1.82, 2.24) is 19.9 Å². The Balaban J connectivity index is 1.64. The van der Waals surface area contributed by atoms with E-state index in [-0.39, 0.29) is 23.3 Å². The van der Waals surface area contributed by atoms with E-state index >= 15 is 0 Å². The van der Waals surface area contributed by atoms with Gasteiger partial charge in [-0.2, -0.15) is 9.37 Å². The zero-order valence-electron chi connectivity index (χ0n) is 14.5. The molecule has 0 saturated heterocycles. The number of carbonyl (C=O) groups is 1. The Morgan fingerprint density at radius 2 is 2.15 bits per heavy atom. The van der Waals surface area contributed by atoms with Gasteiger partial charge in [-0.15, -0.1) is 0 Å². The SMILES string of the molecule is CC1(C(CC(=O)O)Nc2cnc(-c3c[nH]c4ncc(F)cc34)nc2F)CC1. The number of rotatable bonds is 6. The highest BCUT2D eigenvalue weighted by Gasteiger charge is 2.46. The highest BCUT2D eigenvalue weighted by molar-refractivity contribution is 5.91. The zero-order valence-corrected chi connectivity index (χ0v) is 14.5. The molecule has 3 aromatic heterocycles. The summed E-state index contributed by atoms with van der Waals surface area (Å²) in [6.45, 7) is 1.97. The van der Waals surface area contributed by atoms with E-state index in [9.17, 15) is 13.6 Å². The number of hydrogen-bond donors (Lipinski definition) is 3. The molecule has 0 radical (unpaired) electrons. The average molecular weight is 373 g/mol. The maximum absolute atomic E-state index is 14.6. The minimum absolute atomic E-state index is 0.0438. The maximum Gasteiger partial charge on any atom is 0.305 e. The molecule has 0 amide bonds. The van der Waals surface area contributed by atoms with E-state index in [1.54, 1.807) is 0 Å². The minimum Gasteiger partial charge on any atom is -0.481 e. The van der Waals surface area contributed by atoms with E-state index in [0.29, 0.717) is 16.6 Å². The van der Waals surface area contributed by atoms with Crippen LogP contribution >= 0.6 is 0 Å². The second kappa shape index (κ2) is 6.26. The summed E-state index contributed by atoms with van der Waals surface area (Å²) < 4.78 is 28.0. The number of pyridine rings is 1. The van der Waals surface area contributed by atoms with Crippen molar-refractivity contribution in [3.63, 3.8) is 0 Å². The van der Waals surface area contributed by atoms with Crippen molar-refractivity contribution in [1.29, 1.82) is 0 Å². The van der Waals surface area contributed by atoms with Crippen LogP contribution < -0.4 is 5.32 Å². The quantitative estimate of drug-likeness (QED) is 0.573. The van der Waals surface area contributed by atoms with Crippen molar-refractivity contribution in [3.05, 3.63) is 36.4 Å². The molecule has 0 bridgehead atoms. The van der Waals surface area contributed by atoms with Crippen LogP contribution in [0.2, 0.25) is 0 Å². The number of aliphatic carboxylic acids is 1. The second-order valence-corrected chi connectivity index (χ2v) is 7.10. The molecule has 1 aliphatic rings. The molecule has 27 heavy (non-hydrogen) atoms. The number of halogens is 2. The predicted octanol–water partition coefficient (Wildman–Crippen LogP) is 3.35. The number of fused-ring (bicyclic) bond motifs is 1. The topological polar surface area (TPSA) is 104 Å². The Bertz CT molecular complexity index is 1030. The maximum atomic E-state index is 14.6. The molecule has 3 aromatic rings. The van der Waals surface area contributed by atoms with Gasteiger partial charge in [0.2, 0.25) is 5.95 Å². The van der Waals surface area contributed by atoms with Gasteiger partial charge < -0.3 is 15.4 Å². The molecule has 3 N–H and O–H groups in total. The van der Waals surface area contributed by atoms with Gasteiger partial charge in [0.15, 0.2) is 5.82 Å². The molecule has 1 fully saturated rings. The van der Waals surface area contributed by atoms with Crippen LogP contribution in [0.5, 0.6) is 0 Å². The van der Waals surface area contributed by atoms with Crippen LogP contribution in [0.3, 0.4) is 0 Å². The molecule has 3 heterocycles. The van der Waals surface area contributed by atoms with E-state index in [4.69, 9.17) is 5.11 Å². The number of nitrogens with zero attached hydrogens (tertiary/aromatic N) is 3. The molecule has 1 atom stereocenters. The Morgan fingerprint density at radius 1 is 1.37 bits per heavy atom. The summed E-state index contributed by atoms with van der Waals surface area (Å²) >= 11 is 0. The molecular formula is C18H17F2N5O2. The van der Waals surface area contributed by atoms with Crippen molar-refractivity contribution in [3.8, 4) is 11.4 Å². The normalized spacial score (nSPS) is 16.3. The average Bonchev–Trinajstić information content (AvgIpc) is 3.23. The van der Waals surface area contributed by atoms with Gasteiger partial charge in [0.25, 0.3) is 0 Å². The van der Waals surface area contributed by atoms with Crippen LogP contribution in [-0.2, 0) is 4.79 Å². The molecule has 1 aliphatic carbocycles. The number of anilines is 1. The molecule has 1 saturated carbocycles. The molecule has 9 heteroatoms. The minimum atomic E-state index is -0.952. The van der Waals surface area contributed by atoms with Gasteiger partial charge in [-0.25, -0.2) is 14.4 Å². The number of nitrogens with one attached hydrogen (secondary N) is 2. The fraction of sp³-hybridized carbons (Fsp3) is 0.333. The number of H-pyrrole nitrogens is 1. The van der Waals surface area contributed by atoms with Crippen LogP contribution in [0.1, 0.15) is 26.2 Å². The molecular weight excluding hydrogens is 356 g/mol. The summed E-state index contributed by atoms with van der Waals surface area (Å²) in [7, 11) is 0. The highest BCUT2D eigenvalue weighted by Crippen LogP contribution is 2.50. The summed E-state index contributed by atoms with van der Waals surface area (Å²) in [5.74, 6) is -2.18. The van der Waals surface area contributed by atoms with Gasteiger partial charge in [-0.3, -0.25) is 4.79 Å². The summed E-state index contributed by atoms with van der Waals surface area (Å²) in [6, 6.07) is 0.864. The molecule has 0 aromatic carbocycles. The molecule has 0 spiro atoms. The van der Waals surface area contributed by atoms with Gasteiger partial charge in [0.1, 0.15) is 17.2 Å². The zero-order chi connectivity index (χ0) is 19.2. The first-order chi connectivity index (χ1) is 12.9. The standard InChI is InChI=1S/C18H17F2N5O2/c1-18(2-3-18)13(5-14(26)27)24-12-8-23-17(25-15(12)20)11-7-22-16-10(11)4-9(19)6-21-16/h4,6-8,13,24H,2-3,5H2,1H3,(H,21,22)(H,26,27). The van der Waals surface area contributed by atoms with Crippen molar-refractivity contribution >= 4 is 22.7 Å².